The molecular weight excluding hydrogens is 336 g/mol. The van der Waals surface area contributed by atoms with Crippen molar-refractivity contribution in [2.75, 3.05) is 7.11 Å². The highest BCUT2D eigenvalue weighted by atomic mass is 35.5. The third kappa shape index (κ3) is 5.44. The molecule has 128 valence electrons. The van der Waals surface area contributed by atoms with Crippen LogP contribution in [0.5, 0.6) is 5.75 Å². The summed E-state index contributed by atoms with van der Waals surface area (Å²) < 4.78 is 5.12. The van der Waals surface area contributed by atoms with E-state index in [9.17, 15) is 9.59 Å². The summed E-state index contributed by atoms with van der Waals surface area (Å²) in [6, 6.07) is 14.4. The van der Waals surface area contributed by atoms with E-state index >= 15 is 0 Å². The van der Waals surface area contributed by atoms with E-state index in [1.807, 2.05) is 12.1 Å². The lowest BCUT2D eigenvalue weighted by Gasteiger charge is -2.11. The average molecular weight is 355 g/mol. The van der Waals surface area contributed by atoms with Gasteiger partial charge in [-0.25, -0.2) is 0 Å². The molecule has 0 aliphatic heterocycles. The van der Waals surface area contributed by atoms with Crippen LogP contribution in [0, 0.1) is 5.92 Å². The Morgan fingerprint density at radius 1 is 1.08 bits per heavy atom. The molecule has 0 aromatic heterocycles. The molecule has 3 nitrogen and oxygen atoms in total. The summed E-state index contributed by atoms with van der Waals surface area (Å²) in [5.74, 6) is -0.601. The van der Waals surface area contributed by atoms with Gasteiger partial charge in [-0.05, 0) is 54.0 Å². The Morgan fingerprint density at radius 3 is 2.28 bits per heavy atom. The lowest BCUT2D eigenvalue weighted by Crippen LogP contribution is -2.23. The van der Waals surface area contributed by atoms with Crippen LogP contribution in [0.4, 0.5) is 0 Å². The first-order chi connectivity index (χ1) is 12.0. The van der Waals surface area contributed by atoms with Gasteiger partial charge in [0.2, 0.25) is 0 Å². The number of benzene rings is 2. The van der Waals surface area contributed by atoms with Gasteiger partial charge in [0.15, 0.2) is 11.6 Å². The number of methoxy groups -OCH3 is 1. The number of rotatable bonds is 8. The second-order valence-corrected chi connectivity index (χ2v) is 5.93. The van der Waals surface area contributed by atoms with Crippen molar-refractivity contribution < 1.29 is 14.3 Å². The van der Waals surface area contributed by atoms with Crippen molar-refractivity contribution >= 4 is 29.2 Å². The van der Waals surface area contributed by atoms with Gasteiger partial charge in [-0.3, -0.25) is 9.59 Å². The van der Waals surface area contributed by atoms with Crippen LogP contribution in [0.1, 0.15) is 11.1 Å². The normalized spacial score (nSPS) is 11.9. The number of carbonyl (C=O) groups is 2. The monoisotopic (exact) mass is 354 g/mol. The number of ether oxygens (including phenoxy) is 1. The Labute approximate surface area is 152 Å². The van der Waals surface area contributed by atoms with Gasteiger partial charge in [0.25, 0.3) is 0 Å². The van der Waals surface area contributed by atoms with Gasteiger partial charge in [-0.2, -0.15) is 0 Å². The van der Waals surface area contributed by atoms with E-state index in [1.165, 1.54) is 12.2 Å². The molecule has 2 aromatic rings. The first-order valence-electron chi connectivity index (χ1n) is 7.80. The molecule has 2 rings (SSSR count). The van der Waals surface area contributed by atoms with Crippen LogP contribution in [0.25, 0.3) is 6.08 Å². The highest BCUT2D eigenvalue weighted by Crippen LogP contribution is 2.17. The van der Waals surface area contributed by atoms with Crippen molar-refractivity contribution in [3.63, 3.8) is 0 Å². The summed E-state index contributed by atoms with van der Waals surface area (Å²) in [6.07, 6.45) is 4.62. The highest BCUT2D eigenvalue weighted by Gasteiger charge is 2.22. The predicted molar refractivity (Wildman–Crippen MR) is 101 cm³/mol. The Hall–Kier alpha value is -2.65. The van der Waals surface area contributed by atoms with Crippen LogP contribution >= 0.6 is 11.6 Å². The molecular formula is C21H19ClO3. The molecule has 0 heterocycles. The molecule has 25 heavy (non-hydrogen) atoms. The van der Waals surface area contributed by atoms with Gasteiger partial charge >= 0.3 is 0 Å². The van der Waals surface area contributed by atoms with Crippen molar-refractivity contribution in [2.45, 2.75) is 6.42 Å². The van der Waals surface area contributed by atoms with Crippen molar-refractivity contribution in [2.24, 2.45) is 5.92 Å². The largest absolute Gasteiger partial charge is 0.497 e. The molecule has 0 N–H and O–H groups in total. The van der Waals surface area contributed by atoms with Crippen LogP contribution in [-0.2, 0) is 16.0 Å². The SMILES string of the molecule is C=CC(=O)C(Cc1ccc(OC)cc1)C(=O)C=Cc1ccc(Cl)cc1. The fourth-order valence-corrected chi connectivity index (χ4v) is 2.48. The zero-order valence-corrected chi connectivity index (χ0v) is 14.7. The smallest absolute Gasteiger partial charge is 0.166 e. The highest BCUT2D eigenvalue weighted by molar-refractivity contribution is 6.30. The molecule has 1 atom stereocenters. The van der Waals surface area contributed by atoms with Crippen molar-refractivity contribution in [1.29, 1.82) is 0 Å². The summed E-state index contributed by atoms with van der Waals surface area (Å²) >= 11 is 5.84. The molecule has 0 spiro atoms. The average Bonchev–Trinajstić information content (AvgIpc) is 2.65. The second-order valence-electron chi connectivity index (χ2n) is 5.50. The molecule has 0 saturated heterocycles. The quantitative estimate of drug-likeness (QED) is 0.516. The molecule has 0 fully saturated rings. The van der Waals surface area contributed by atoms with Crippen LogP contribution in [0.15, 0.2) is 67.3 Å². The molecule has 4 heteroatoms. The molecule has 0 aliphatic rings. The number of hydrogen-bond acceptors (Lipinski definition) is 3. The first kappa shape index (κ1) is 18.7. The fourth-order valence-electron chi connectivity index (χ4n) is 2.35. The van der Waals surface area contributed by atoms with E-state index in [4.69, 9.17) is 16.3 Å². The van der Waals surface area contributed by atoms with Gasteiger partial charge in [0, 0.05) is 5.02 Å². The van der Waals surface area contributed by atoms with Gasteiger partial charge in [-0.1, -0.05) is 48.5 Å². The molecule has 0 saturated carbocycles. The zero-order chi connectivity index (χ0) is 18.2. The van der Waals surface area contributed by atoms with Crippen LogP contribution in [-0.4, -0.2) is 18.7 Å². The third-order valence-electron chi connectivity index (χ3n) is 3.80. The number of allylic oxidation sites excluding steroid dienone is 2. The summed E-state index contributed by atoms with van der Waals surface area (Å²) in [6.45, 7) is 3.50. The maximum atomic E-state index is 12.5. The number of ketones is 2. The minimum atomic E-state index is -0.783. The molecule has 1 unspecified atom stereocenters. The molecule has 0 bridgehead atoms. The molecule has 0 amide bonds. The maximum absolute atomic E-state index is 12.5. The summed E-state index contributed by atoms with van der Waals surface area (Å²) in [4.78, 5) is 24.6. The van der Waals surface area contributed by atoms with Crippen molar-refractivity contribution in [1.82, 2.24) is 0 Å². The van der Waals surface area contributed by atoms with Gasteiger partial charge in [-0.15, -0.1) is 0 Å². The fraction of sp³-hybridized carbons (Fsp3) is 0.143. The Morgan fingerprint density at radius 2 is 1.72 bits per heavy atom. The van der Waals surface area contributed by atoms with Crippen LogP contribution in [0.2, 0.25) is 5.02 Å². The van der Waals surface area contributed by atoms with Crippen molar-refractivity contribution in [3.8, 4) is 5.75 Å². The number of hydrogen-bond donors (Lipinski definition) is 0. The maximum Gasteiger partial charge on any atom is 0.166 e. The minimum Gasteiger partial charge on any atom is -0.497 e. The van der Waals surface area contributed by atoms with Gasteiger partial charge in [0.05, 0.1) is 13.0 Å². The van der Waals surface area contributed by atoms with Crippen LogP contribution in [0.3, 0.4) is 0 Å². The Balaban J connectivity index is 2.14. The lowest BCUT2D eigenvalue weighted by molar-refractivity contribution is -0.127. The lowest BCUT2D eigenvalue weighted by atomic mass is 9.90. The number of carbonyl (C=O) groups excluding carboxylic acids is 2. The van der Waals surface area contributed by atoms with Gasteiger partial charge < -0.3 is 4.74 Å². The van der Waals surface area contributed by atoms with Gasteiger partial charge in [0.1, 0.15) is 5.75 Å². The number of halogens is 1. The van der Waals surface area contributed by atoms with E-state index in [0.717, 1.165) is 16.9 Å². The summed E-state index contributed by atoms with van der Waals surface area (Å²) in [7, 11) is 1.59. The van der Waals surface area contributed by atoms with E-state index in [-0.39, 0.29) is 11.6 Å². The summed E-state index contributed by atoms with van der Waals surface area (Å²) in [5.41, 5.74) is 1.72. The van der Waals surface area contributed by atoms with Crippen LogP contribution < -0.4 is 4.74 Å². The molecule has 0 radical (unpaired) electrons. The topological polar surface area (TPSA) is 43.4 Å². The Kier molecular flexibility index (Phi) is 6.72. The second kappa shape index (κ2) is 9.00. The standard InChI is InChI=1S/C21H19ClO3/c1-3-20(23)19(14-16-6-11-18(25-2)12-7-16)21(24)13-8-15-4-9-17(22)10-5-15/h3-13,19H,1,14H2,2H3. The third-order valence-corrected chi connectivity index (χ3v) is 4.05. The zero-order valence-electron chi connectivity index (χ0n) is 13.9. The molecule has 0 aliphatic carbocycles. The van der Waals surface area contributed by atoms with E-state index < -0.39 is 5.92 Å². The predicted octanol–water partition coefficient (Wildman–Crippen LogP) is 4.54. The van der Waals surface area contributed by atoms with E-state index in [2.05, 4.69) is 6.58 Å². The summed E-state index contributed by atoms with van der Waals surface area (Å²) in [5, 5.41) is 0.627. The van der Waals surface area contributed by atoms with E-state index in [0.29, 0.717) is 11.4 Å². The minimum absolute atomic E-state index is 0.254. The van der Waals surface area contributed by atoms with Crippen molar-refractivity contribution in [3.05, 3.63) is 83.4 Å². The first-order valence-corrected chi connectivity index (χ1v) is 8.18. The Bertz CT molecular complexity index is 774. The van der Waals surface area contributed by atoms with E-state index in [1.54, 1.807) is 49.6 Å². The molecule has 2 aromatic carbocycles.